The summed E-state index contributed by atoms with van der Waals surface area (Å²) in [5.41, 5.74) is 0.853. The lowest BCUT2D eigenvalue weighted by atomic mass is 10.1. The number of piperidine rings is 1. The van der Waals surface area contributed by atoms with Crippen LogP contribution < -0.4 is 10.1 Å². The fourth-order valence-corrected chi connectivity index (χ4v) is 3.47. The lowest BCUT2D eigenvalue weighted by molar-refractivity contribution is -0.222. The first-order valence-electron chi connectivity index (χ1n) is 11.0. The van der Waals surface area contributed by atoms with Gasteiger partial charge in [0.15, 0.2) is 5.57 Å². The van der Waals surface area contributed by atoms with Crippen LogP contribution in [-0.4, -0.2) is 53.5 Å². The first kappa shape index (κ1) is 24.4. The van der Waals surface area contributed by atoms with E-state index in [0.717, 1.165) is 11.3 Å². The molecule has 1 amide bonds. The zero-order valence-electron chi connectivity index (χ0n) is 20.0. The highest BCUT2D eigenvalue weighted by atomic mass is 16.7. The molecule has 0 radical (unpaired) electrons. The topological polar surface area (TPSA) is 103 Å². The third kappa shape index (κ3) is 6.63. The van der Waals surface area contributed by atoms with Crippen molar-refractivity contribution in [2.75, 3.05) is 18.4 Å². The van der Waals surface area contributed by atoms with E-state index >= 15 is 0 Å². The Labute approximate surface area is 194 Å². The molecule has 0 bridgehead atoms. The van der Waals surface area contributed by atoms with Crippen LogP contribution in [0.1, 0.15) is 53.0 Å². The fraction of sp³-hybridized carbons (Fsp3) is 0.542. The summed E-state index contributed by atoms with van der Waals surface area (Å²) in [4.78, 5) is 38.0. The minimum atomic E-state index is -1.27. The summed E-state index contributed by atoms with van der Waals surface area (Å²) >= 11 is 0. The van der Waals surface area contributed by atoms with Gasteiger partial charge in [-0.3, -0.25) is 0 Å². The highest BCUT2D eigenvalue weighted by Gasteiger charge is 2.39. The molecule has 3 rings (SSSR count). The number of aryl methyl sites for hydroxylation is 1. The molecule has 9 heteroatoms. The van der Waals surface area contributed by atoms with Crippen LogP contribution in [0.2, 0.25) is 0 Å². The third-order valence-electron chi connectivity index (χ3n) is 5.06. The highest BCUT2D eigenvalue weighted by Crippen LogP contribution is 2.27. The number of hydrogen-bond donors (Lipinski definition) is 1. The van der Waals surface area contributed by atoms with Crippen molar-refractivity contribution in [3.63, 3.8) is 0 Å². The number of nitrogens with zero attached hydrogens (tertiary/aromatic N) is 1. The molecule has 0 aromatic heterocycles. The van der Waals surface area contributed by atoms with Crippen LogP contribution in [0.25, 0.3) is 0 Å². The predicted octanol–water partition coefficient (Wildman–Crippen LogP) is 3.91. The zero-order chi connectivity index (χ0) is 24.4. The van der Waals surface area contributed by atoms with Gasteiger partial charge in [0, 0.05) is 51.7 Å². The maximum atomic E-state index is 12.2. The minimum Gasteiger partial charge on any atom is -0.490 e. The first-order chi connectivity index (χ1) is 15.3. The monoisotopic (exact) mass is 460 g/mol. The zero-order valence-corrected chi connectivity index (χ0v) is 20.0. The van der Waals surface area contributed by atoms with Crippen molar-refractivity contribution in [2.45, 2.75) is 71.9 Å². The van der Waals surface area contributed by atoms with Gasteiger partial charge in [0.25, 0.3) is 5.79 Å². The molecule has 0 unspecified atom stereocenters. The number of anilines is 1. The Morgan fingerprint density at radius 2 is 1.76 bits per heavy atom. The Kier molecular flexibility index (Phi) is 6.90. The van der Waals surface area contributed by atoms with Gasteiger partial charge in [-0.05, 0) is 51.5 Å². The molecular formula is C24H32N2O7. The van der Waals surface area contributed by atoms with Crippen LogP contribution in [0.15, 0.2) is 30.0 Å². The van der Waals surface area contributed by atoms with Crippen molar-refractivity contribution in [1.82, 2.24) is 4.90 Å². The number of hydrogen-bond acceptors (Lipinski definition) is 8. The molecule has 33 heavy (non-hydrogen) atoms. The molecule has 1 N–H and O–H groups in total. The molecule has 2 saturated heterocycles. The second-order valence-electron chi connectivity index (χ2n) is 9.65. The maximum absolute atomic E-state index is 12.2. The van der Waals surface area contributed by atoms with E-state index < -0.39 is 23.3 Å². The summed E-state index contributed by atoms with van der Waals surface area (Å²) in [6.45, 7) is 11.6. The first-order valence-corrected chi connectivity index (χ1v) is 11.0. The van der Waals surface area contributed by atoms with E-state index in [-0.39, 0.29) is 17.8 Å². The van der Waals surface area contributed by atoms with Gasteiger partial charge in [0.05, 0.1) is 0 Å². The Balaban J connectivity index is 1.55. The van der Waals surface area contributed by atoms with Crippen LogP contribution in [0.4, 0.5) is 10.5 Å². The third-order valence-corrected chi connectivity index (χ3v) is 5.06. The highest BCUT2D eigenvalue weighted by molar-refractivity contribution is 6.15. The van der Waals surface area contributed by atoms with Crippen molar-refractivity contribution in [1.29, 1.82) is 0 Å². The second kappa shape index (κ2) is 9.33. The van der Waals surface area contributed by atoms with Gasteiger partial charge in [0.2, 0.25) is 0 Å². The Morgan fingerprint density at radius 1 is 1.15 bits per heavy atom. The molecule has 1 aromatic rings. The van der Waals surface area contributed by atoms with Gasteiger partial charge >= 0.3 is 18.0 Å². The average molecular weight is 461 g/mol. The number of carbonyl (C=O) groups excluding carboxylic acids is 3. The van der Waals surface area contributed by atoms with Crippen LogP contribution in [0.5, 0.6) is 5.75 Å². The number of rotatable bonds is 4. The summed E-state index contributed by atoms with van der Waals surface area (Å²) in [6.07, 6.45) is 2.41. The van der Waals surface area contributed by atoms with E-state index in [4.69, 9.17) is 18.9 Å². The molecule has 1 aromatic carbocycles. The van der Waals surface area contributed by atoms with Gasteiger partial charge < -0.3 is 29.2 Å². The summed E-state index contributed by atoms with van der Waals surface area (Å²) in [7, 11) is 0. The van der Waals surface area contributed by atoms with Gasteiger partial charge in [-0.25, -0.2) is 14.4 Å². The molecule has 2 fully saturated rings. The van der Waals surface area contributed by atoms with E-state index in [0.29, 0.717) is 31.6 Å². The number of cyclic esters (lactones) is 2. The Hall–Kier alpha value is -3.23. The maximum Gasteiger partial charge on any atom is 0.410 e. The average Bonchev–Trinajstić information content (AvgIpc) is 2.67. The molecule has 2 aliphatic heterocycles. The number of ether oxygens (including phenoxy) is 4. The second-order valence-corrected chi connectivity index (χ2v) is 9.65. The SMILES string of the molecule is Cc1cc(NC=C2C(=O)OC(C)(C)OC2=O)ccc1OC1CCN(C(=O)OC(C)(C)C)CC1. The summed E-state index contributed by atoms with van der Waals surface area (Å²) in [5, 5.41) is 2.93. The van der Waals surface area contributed by atoms with Crippen LogP contribution >= 0.6 is 0 Å². The number of benzene rings is 1. The molecule has 0 spiro atoms. The minimum absolute atomic E-state index is 0.00144. The number of amides is 1. The molecule has 2 heterocycles. The van der Waals surface area contributed by atoms with Crippen LogP contribution in [0.3, 0.4) is 0 Å². The predicted molar refractivity (Wildman–Crippen MR) is 121 cm³/mol. The van der Waals surface area contributed by atoms with Gasteiger partial charge in [-0.1, -0.05) is 0 Å². The molecule has 0 saturated carbocycles. The smallest absolute Gasteiger partial charge is 0.410 e. The largest absolute Gasteiger partial charge is 0.490 e. The molecule has 0 aliphatic carbocycles. The van der Waals surface area contributed by atoms with E-state index in [1.165, 1.54) is 20.0 Å². The Bertz CT molecular complexity index is 932. The molecule has 0 atom stereocenters. The van der Waals surface area contributed by atoms with E-state index in [2.05, 4.69) is 5.32 Å². The number of likely N-dealkylation sites (tertiary alicyclic amines) is 1. The fourth-order valence-electron chi connectivity index (χ4n) is 3.47. The van der Waals surface area contributed by atoms with Crippen molar-refractivity contribution in [3.05, 3.63) is 35.5 Å². The molecule has 180 valence electrons. The summed E-state index contributed by atoms with van der Waals surface area (Å²) < 4.78 is 21.7. The van der Waals surface area contributed by atoms with E-state index in [1.54, 1.807) is 11.0 Å². The standard InChI is InChI=1S/C24H32N2O7/c1-15-13-16(25-14-18-20(27)31-24(5,6)32-21(18)28)7-8-19(15)30-17-9-11-26(12-10-17)22(29)33-23(2,3)4/h7-8,13-14,17,25H,9-12H2,1-6H3. The van der Waals surface area contributed by atoms with Crippen LogP contribution in [-0.2, 0) is 23.8 Å². The quantitative estimate of drug-likeness (QED) is 0.410. The van der Waals surface area contributed by atoms with Crippen molar-refractivity contribution < 1.29 is 33.3 Å². The lowest BCUT2D eigenvalue weighted by Crippen LogP contribution is -2.44. The van der Waals surface area contributed by atoms with E-state index in [1.807, 2.05) is 39.8 Å². The van der Waals surface area contributed by atoms with Gasteiger partial charge in [-0.15, -0.1) is 0 Å². The molecular weight excluding hydrogens is 428 g/mol. The van der Waals surface area contributed by atoms with Crippen LogP contribution in [0, 0.1) is 6.92 Å². The van der Waals surface area contributed by atoms with Crippen molar-refractivity contribution in [3.8, 4) is 5.75 Å². The van der Waals surface area contributed by atoms with E-state index in [9.17, 15) is 14.4 Å². The number of esters is 2. The normalized spacial score (nSPS) is 18.8. The number of carbonyl (C=O) groups is 3. The summed E-state index contributed by atoms with van der Waals surface area (Å²) in [5.74, 6) is -2.01. The lowest BCUT2D eigenvalue weighted by Gasteiger charge is -2.33. The van der Waals surface area contributed by atoms with Crippen molar-refractivity contribution in [2.24, 2.45) is 0 Å². The van der Waals surface area contributed by atoms with Crippen molar-refractivity contribution >= 4 is 23.7 Å². The summed E-state index contributed by atoms with van der Waals surface area (Å²) in [6, 6.07) is 5.47. The molecule has 2 aliphatic rings. The van der Waals surface area contributed by atoms with Gasteiger partial charge in [0.1, 0.15) is 17.5 Å². The molecule has 9 nitrogen and oxygen atoms in total. The Morgan fingerprint density at radius 3 is 2.30 bits per heavy atom. The number of nitrogens with one attached hydrogen (secondary N) is 1. The van der Waals surface area contributed by atoms with Gasteiger partial charge in [-0.2, -0.15) is 0 Å².